The molecule has 113 heavy (non-hydrogen) atoms. The van der Waals surface area contributed by atoms with Gasteiger partial charge in [-0.05, 0) is 125 Å². The Labute approximate surface area is 652 Å². The highest BCUT2D eigenvalue weighted by molar-refractivity contribution is 6.01. The molecule has 11 atom stereocenters. The molecule has 5 aromatic rings. The van der Waals surface area contributed by atoms with Crippen LogP contribution in [0.15, 0.2) is 85.2 Å². The number of fused-ring (bicyclic) bond motifs is 2. The van der Waals surface area contributed by atoms with Crippen molar-refractivity contribution in [2.24, 2.45) is 34.6 Å². The summed E-state index contributed by atoms with van der Waals surface area (Å²) in [5, 5.41) is 64.9. The molecular formula is C75H110N20O18. The molecule has 15 amide bonds. The highest BCUT2D eigenvalue weighted by atomic mass is 16.3. The number of aliphatic hydroxyl groups is 2. The molecule has 2 aromatic heterocycles. The Morgan fingerprint density at radius 3 is 1.32 bits per heavy atom. The number of aromatic nitrogens is 2. The first kappa shape index (κ1) is 92.0. The van der Waals surface area contributed by atoms with Crippen molar-refractivity contribution in [3.05, 3.63) is 102 Å². The zero-order valence-corrected chi connectivity index (χ0v) is 63.9. The first-order valence-electron chi connectivity index (χ1n) is 37.5. The number of para-hydroxylation sites is 2. The third kappa shape index (κ3) is 31.6. The molecule has 0 fully saturated rings. The van der Waals surface area contributed by atoms with Crippen molar-refractivity contribution in [3.63, 3.8) is 0 Å². The van der Waals surface area contributed by atoms with Crippen LogP contribution in [-0.4, -0.2) is 226 Å². The minimum atomic E-state index is -1.84. The van der Waals surface area contributed by atoms with Crippen molar-refractivity contribution in [2.45, 2.75) is 191 Å². The van der Waals surface area contributed by atoms with Gasteiger partial charge < -0.3 is 123 Å². The van der Waals surface area contributed by atoms with Gasteiger partial charge in [0.25, 0.3) is 0 Å². The van der Waals surface area contributed by atoms with E-state index in [1.165, 1.54) is 24.3 Å². The number of rotatable bonds is 51. The highest BCUT2D eigenvalue weighted by Crippen LogP contribution is 2.22. The van der Waals surface area contributed by atoms with Crippen LogP contribution in [0.5, 0.6) is 5.75 Å². The number of nitrogens with two attached hydrogens (primary N) is 5. The number of aromatic amines is 2. The number of H-pyrrole nitrogens is 2. The minimum Gasteiger partial charge on any atom is -0.508 e. The number of carbonyl (C=O) groups excluding carboxylic acids is 15. The zero-order valence-electron chi connectivity index (χ0n) is 63.9. The standard InChI is InChI=1S/C75H110N20O18/c1-41(2)15-6-5-7-23-62(101)88-59(40-96)74(112)92-55(31-44-24-26-47(98)27-25-44)71(109)94-56(32-45-35-81-50-18-10-8-16-48(45)50)72(110)90-54(22-14-30-78)70(108)89-52(20-12-28-76)67(105)85-39-64(103)87-53(21-13-29-77)69(107)93-57(33-46-36-82-51-19-11-9-17-49(46)51)73(111)95-65(43(4)97)75(113)86-42(3)66(104)91-58(34-60(79)99)68(106)84-38-63(102)83-37-61(80)100/h8-11,16-19,24-27,35-36,41-43,52-59,65,81-82,96-98H,5-7,12-15,20-23,28-34,37-40,76-78H2,1-4H3,(H2,79,99)(H2,80,100)(H,83,102)(H,84,106)(H,85,105)(H,86,113)(H,87,103)(H,88,101)(H,89,108)(H,90,110)(H,91,104)(H,92,112)(H,93,107)(H,94,109)(H,95,111)/t42-,43+,52-,53+,54+,55+,56+,57-,58-,59+,65-/m0/s1. The summed E-state index contributed by atoms with van der Waals surface area (Å²) in [6.45, 7) is 3.69. The Balaban J connectivity index is 1.33. The number of primary amides is 2. The van der Waals surface area contributed by atoms with E-state index in [1.54, 1.807) is 60.9 Å². The molecule has 0 aliphatic rings. The number of phenolic OH excluding ortho intramolecular Hbond substituents is 1. The van der Waals surface area contributed by atoms with Crippen LogP contribution in [-0.2, 0) is 91.2 Å². The van der Waals surface area contributed by atoms with Crippen molar-refractivity contribution in [3.8, 4) is 5.75 Å². The molecule has 28 N–H and O–H groups in total. The predicted molar refractivity (Wildman–Crippen MR) is 414 cm³/mol. The Bertz CT molecular complexity index is 4060. The van der Waals surface area contributed by atoms with Crippen molar-refractivity contribution in [2.75, 3.05) is 45.9 Å². The van der Waals surface area contributed by atoms with Crippen LogP contribution in [0.3, 0.4) is 0 Å². The van der Waals surface area contributed by atoms with Gasteiger partial charge in [0.2, 0.25) is 88.6 Å². The lowest BCUT2D eigenvalue weighted by atomic mass is 10.0. The van der Waals surface area contributed by atoms with E-state index in [0.29, 0.717) is 50.8 Å². The number of carbonyl (C=O) groups is 15. The van der Waals surface area contributed by atoms with E-state index in [0.717, 1.165) is 33.1 Å². The Kier molecular flexibility index (Phi) is 38.7. The summed E-state index contributed by atoms with van der Waals surface area (Å²) in [5.74, 6) is -13.6. The van der Waals surface area contributed by atoms with Crippen LogP contribution in [0.25, 0.3) is 21.8 Å². The summed E-state index contributed by atoms with van der Waals surface area (Å²) in [6.07, 6.45) is 3.44. The summed E-state index contributed by atoms with van der Waals surface area (Å²) in [7, 11) is 0. The van der Waals surface area contributed by atoms with E-state index in [4.69, 9.17) is 28.7 Å². The SMILES string of the molecule is CC(C)CCCCCC(=O)N[C@H](CO)C(=O)N[C@H](Cc1ccc(O)cc1)C(=O)N[C@H](Cc1c[nH]c2ccccc12)C(=O)N[C@H](CCCN)C(=O)N[C@@H](CCCN)C(=O)NCC(=O)N[C@H](CCCN)C(=O)N[C@@H](Cc1c[nH]c2ccccc12)C(=O)N[C@H](C(=O)N[C@@H](C)C(=O)N[C@@H](CC(N)=O)C(=O)NCC(=O)NCC(N)=O)[C@@H](C)O. The number of hydrogen-bond acceptors (Lipinski definition) is 21. The summed E-state index contributed by atoms with van der Waals surface area (Å²) in [5.41, 5.74) is 30.9. The van der Waals surface area contributed by atoms with Crippen LogP contribution in [0.2, 0.25) is 0 Å². The van der Waals surface area contributed by atoms with Gasteiger partial charge in [0.1, 0.15) is 66.2 Å². The number of hydrogen-bond donors (Lipinski definition) is 23. The summed E-state index contributed by atoms with van der Waals surface area (Å²) in [6, 6.07) is 4.43. The van der Waals surface area contributed by atoms with Crippen LogP contribution in [0.4, 0.5) is 0 Å². The highest BCUT2D eigenvalue weighted by Gasteiger charge is 2.37. The van der Waals surface area contributed by atoms with Gasteiger partial charge in [-0.15, -0.1) is 0 Å². The molecule has 0 saturated carbocycles. The fourth-order valence-electron chi connectivity index (χ4n) is 12.0. The molecule has 38 nitrogen and oxygen atoms in total. The van der Waals surface area contributed by atoms with Crippen LogP contribution < -0.4 is 97.8 Å². The smallest absolute Gasteiger partial charge is 0.245 e. The molecule has 618 valence electrons. The van der Waals surface area contributed by atoms with E-state index < -0.39 is 188 Å². The second kappa shape index (κ2) is 47.6. The number of benzene rings is 3. The molecule has 0 radical (unpaired) electrons. The maximum Gasteiger partial charge on any atom is 0.245 e. The van der Waals surface area contributed by atoms with Crippen molar-refractivity contribution in [1.29, 1.82) is 0 Å². The number of nitrogens with one attached hydrogen (secondary N) is 15. The normalized spacial score (nSPS) is 14.1. The molecule has 0 unspecified atom stereocenters. The Morgan fingerprint density at radius 1 is 0.398 bits per heavy atom. The monoisotopic (exact) mass is 1580 g/mol. The fourth-order valence-corrected chi connectivity index (χ4v) is 12.0. The first-order chi connectivity index (χ1) is 53.8. The van der Waals surface area contributed by atoms with Crippen molar-refractivity contribution >= 4 is 110 Å². The molecule has 0 aliphatic heterocycles. The van der Waals surface area contributed by atoms with Gasteiger partial charge in [0.15, 0.2) is 0 Å². The van der Waals surface area contributed by atoms with E-state index in [-0.39, 0.29) is 89.6 Å². The van der Waals surface area contributed by atoms with Gasteiger partial charge in [-0.25, -0.2) is 0 Å². The minimum absolute atomic E-state index is 0.0139. The number of amides is 15. The largest absolute Gasteiger partial charge is 0.508 e. The van der Waals surface area contributed by atoms with Gasteiger partial charge in [0, 0.05) is 59.9 Å². The van der Waals surface area contributed by atoms with E-state index in [2.05, 4.69) is 92.9 Å². The average Bonchev–Trinajstić information content (AvgIpc) is 1.71. The van der Waals surface area contributed by atoms with Gasteiger partial charge in [-0.3, -0.25) is 71.9 Å². The number of aromatic hydroxyl groups is 1. The van der Waals surface area contributed by atoms with Crippen LogP contribution >= 0.6 is 0 Å². The summed E-state index contributed by atoms with van der Waals surface area (Å²) < 4.78 is 0. The van der Waals surface area contributed by atoms with Crippen molar-refractivity contribution in [1.82, 2.24) is 79.1 Å². The van der Waals surface area contributed by atoms with E-state index in [9.17, 15) is 87.2 Å². The predicted octanol–water partition coefficient (Wildman–Crippen LogP) is -4.84. The first-order valence-corrected chi connectivity index (χ1v) is 37.5. The average molecular weight is 1580 g/mol. The van der Waals surface area contributed by atoms with Gasteiger partial charge in [0.05, 0.1) is 38.8 Å². The van der Waals surface area contributed by atoms with E-state index in [1.807, 2.05) is 0 Å². The van der Waals surface area contributed by atoms with Gasteiger partial charge in [-0.1, -0.05) is 81.6 Å². The number of unbranched alkanes of at least 4 members (excludes halogenated alkanes) is 2. The molecule has 0 bridgehead atoms. The lowest BCUT2D eigenvalue weighted by molar-refractivity contribution is -0.137. The number of aliphatic hydroxyl groups excluding tert-OH is 2. The fraction of sp³-hybridized carbons (Fsp3) is 0.507. The molecule has 0 saturated heterocycles. The zero-order chi connectivity index (χ0) is 83.3. The Hall–Kier alpha value is -11.6. The molecule has 0 aliphatic carbocycles. The quantitative estimate of drug-likeness (QED) is 0.0162. The maximum absolute atomic E-state index is 14.9. The molecule has 5 rings (SSSR count). The van der Waals surface area contributed by atoms with Crippen LogP contribution in [0.1, 0.15) is 121 Å². The summed E-state index contributed by atoms with van der Waals surface area (Å²) >= 11 is 0. The maximum atomic E-state index is 14.9. The third-order valence-corrected chi connectivity index (χ3v) is 18.2. The molecule has 2 heterocycles. The Morgan fingerprint density at radius 2 is 0.832 bits per heavy atom. The summed E-state index contributed by atoms with van der Waals surface area (Å²) in [4.78, 5) is 210. The van der Waals surface area contributed by atoms with Gasteiger partial charge >= 0.3 is 0 Å². The van der Waals surface area contributed by atoms with Crippen molar-refractivity contribution < 1.29 is 87.2 Å². The topological polar surface area (TPSA) is 635 Å². The lowest BCUT2D eigenvalue weighted by Crippen LogP contribution is -2.61. The van der Waals surface area contributed by atoms with Crippen LogP contribution in [0, 0.1) is 5.92 Å². The van der Waals surface area contributed by atoms with E-state index >= 15 is 0 Å². The molecule has 38 heteroatoms. The lowest BCUT2D eigenvalue weighted by Gasteiger charge is -2.27. The molecule has 3 aromatic carbocycles. The third-order valence-electron chi connectivity index (χ3n) is 18.2. The molecule has 0 spiro atoms. The van der Waals surface area contributed by atoms with Gasteiger partial charge in [-0.2, -0.15) is 0 Å². The number of phenols is 1. The second-order valence-electron chi connectivity index (χ2n) is 27.9. The molecular weight excluding hydrogens is 1470 g/mol. The second-order valence-corrected chi connectivity index (χ2v) is 27.9.